The highest BCUT2D eigenvalue weighted by Gasteiger charge is 2.07. The Kier molecular flexibility index (Phi) is 2.66. The third-order valence-electron chi connectivity index (χ3n) is 2.04. The number of hydrogen-bond acceptors (Lipinski definition) is 4. The Morgan fingerprint density at radius 1 is 1.62 bits per heavy atom. The van der Waals surface area contributed by atoms with Crippen LogP contribution in [0.4, 0.5) is 5.82 Å². The molecule has 0 atom stereocenters. The third kappa shape index (κ3) is 1.92. The van der Waals surface area contributed by atoms with Gasteiger partial charge in [0.25, 0.3) is 5.56 Å². The number of hydrogen-bond donors (Lipinski definition) is 2. The number of rotatable bonds is 2. The molecule has 2 aromatic heterocycles. The summed E-state index contributed by atoms with van der Waals surface area (Å²) in [5, 5.41) is 4.28. The number of nitrogen functional groups attached to an aromatic ring is 1. The lowest BCUT2D eigenvalue weighted by atomic mass is 10.4. The van der Waals surface area contributed by atoms with E-state index in [1.807, 2.05) is 6.92 Å². The summed E-state index contributed by atoms with van der Waals surface area (Å²) in [6, 6.07) is 1.34. The zero-order chi connectivity index (χ0) is 11.7. The number of anilines is 1. The molecule has 2 aromatic rings. The van der Waals surface area contributed by atoms with Crippen molar-refractivity contribution in [2.75, 3.05) is 5.73 Å². The van der Waals surface area contributed by atoms with Crippen molar-refractivity contribution in [2.24, 2.45) is 0 Å². The summed E-state index contributed by atoms with van der Waals surface area (Å²) in [7, 11) is 0. The van der Waals surface area contributed by atoms with Gasteiger partial charge in [0.1, 0.15) is 10.8 Å². The molecule has 0 bridgehead atoms. The van der Waals surface area contributed by atoms with Gasteiger partial charge in [-0.3, -0.25) is 4.79 Å². The standard InChI is InChI=1S/C9H10ClN5O/c1-2-6-12-7(3-8(16)13-6)15-4-5(10)9(11)14-15/h3-4H,2H2,1H3,(H2,11,14)(H,12,13,16). The summed E-state index contributed by atoms with van der Waals surface area (Å²) in [5.74, 6) is 1.20. The Labute approximate surface area is 96.1 Å². The average Bonchev–Trinajstić information content (AvgIpc) is 2.58. The second-order valence-corrected chi connectivity index (χ2v) is 3.62. The lowest BCUT2D eigenvalue weighted by Gasteiger charge is -2.01. The normalized spacial score (nSPS) is 10.6. The summed E-state index contributed by atoms with van der Waals surface area (Å²) in [6.45, 7) is 1.90. The van der Waals surface area contributed by atoms with Crippen LogP contribution in [0.15, 0.2) is 17.1 Å². The van der Waals surface area contributed by atoms with Gasteiger partial charge in [0.05, 0.1) is 6.20 Å². The van der Waals surface area contributed by atoms with Gasteiger partial charge in [-0.2, -0.15) is 0 Å². The first-order chi connectivity index (χ1) is 7.60. The van der Waals surface area contributed by atoms with E-state index in [9.17, 15) is 4.79 Å². The van der Waals surface area contributed by atoms with Crippen molar-refractivity contribution in [3.05, 3.63) is 33.5 Å². The van der Waals surface area contributed by atoms with Crippen LogP contribution >= 0.6 is 11.6 Å². The highest BCUT2D eigenvalue weighted by molar-refractivity contribution is 6.32. The molecule has 0 unspecified atom stereocenters. The lowest BCUT2D eigenvalue weighted by Crippen LogP contribution is -2.13. The lowest BCUT2D eigenvalue weighted by molar-refractivity contribution is 0.808. The van der Waals surface area contributed by atoms with Crippen LogP contribution < -0.4 is 11.3 Å². The van der Waals surface area contributed by atoms with Gasteiger partial charge in [-0.05, 0) is 0 Å². The van der Waals surface area contributed by atoms with Crippen molar-refractivity contribution in [1.29, 1.82) is 0 Å². The van der Waals surface area contributed by atoms with Gasteiger partial charge in [-0.25, -0.2) is 9.67 Å². The van der Waals surface area contributed by atoms with E-state index in [1.54, 1.807) is 0 Å². The van der Waals surface area contributed by atoms with Gasteiger partial charge in [0.2, 0.25) is 0 Å². The van der Waals surface area contributed by atoms with Crippen molar-refractivity contribution in [2.45, 2.75) is 13.3 Å². The predicted molar refractivity (Wildman–Crippen MR) is 60.8 cm³/mol. The monoisotopic (exact) mass is 239 g/mol. The molecule has 84 valence electrons. The average molecular weight is 240 g/mol. The Bertz CT molecular complexity index is 554. The Morgan fingerprint density at radius 2 is 2.38 bits per heavy atom. The van der Waals surface area contributed by atoms with Gasteiger partial charge in [0.15, 0.2) is 11.6 Å². The molecule has 0 saturated heterocycles. The second-order valence-electron chi connectivity index (χ2n) is 3.21. The Morgan fingerprint density at radius 3 is 2.94 bits per heavy atom. The number of nitrogens with zero attached hydrogens (tertiary/aromatic N) is 3. The predicted octanol–water partition coefficient (Wildman–Crippen LogP) is 0.754. The van der Waals surface area contributed by atoms with Gasteiger partial charge in [0, 0.05) is 12.5 Å². The summed E-state index contributed by atoms with van der Waals surface area (Å²) < 4.78 is 1.38. The molecule has 0 saturated carbocycles. The summed E-state index contributed by atoms with van der Waals surface area (Å²) in [4.78, 5) is 18.2. The van der Waals surface area contributed by atoms with E-state index < -0.39 is 0 Å². The van der Waals surface area contributed by atoms with Gasteiger partial charge < -0.3 is 10.7 Å². The fourth-order valence-electron chi connectivity index (χ4n) is 1.26. The summed E-state index contributed by atoms with van der Waals surface area (Å²) in [6.07, 6.45) is 2.14. The molecule has 7 heteroatoms. The van der Waals surface area contributed by atoms with Crippen LogP contribution in [0, 0.1) is 0 Å². The van der Waals surface area contributed by atoms with Crippen molar-refractivity contribution >= 4 is 17.4 Å². The van der Waals surface area contributed by atoms with E-state index in [0.717, 1.165) is 0 Å². The SMILES string of the molecule is CCc1nc(-n2cc(Cl)c(N)n2)cc(=O)[nH]1. The van der Waals surface area contributed by atoms with E-state index in [1.165, 1.54) is 16.9 Å². The molecule has 0 aliphatic heterocycles. The molecule has 6 nitrogen and oxygen atoms in total. The van der Waals surface area contributed by atoms with Gasteiger partial charge in [-0.15, -0.1) is 5.10 Å². The molecule has 0 aliphatic carbocycles. The number of halogens is 1. The fraction of sp³-hybridized carbons (Fsp3) is 0.222. The van der Waals surface area contributed by atoms with E-state index in [4.69, 9.17) is 17.3 Å². The van der Waals surface area contributed by atoms with E-state index in [0.29, 0.717) is 23.1 Å². The summed E-state index contributed by atoms with van der Waals surface area (Å²) >= 11 is 5.77. The molecular weight excluding hydrogens is 230 g/mol. The highest BCUT2D eigenvalue weighted by atomic mass is 35.5. The van der Waals surface area contributed by atoms with Crippen LogP contribution in [0.1, 0.15) is 12.7 Å². The minimum Gasteiger partial charge on any atom is -0.381 e. The number of nitrogens with two attached hydrogens (primary N) is 1. The van der Waals surface area contributed by atoms with Gasteiger partial charge in [-0.1, -0.05) is 18.5 Å². The first kappa shape index (κ1) is 10.7. The molecule has 2 rings (SSSR count). The first-order valence-electron chi connectivity index (χ1n) is 4.71. The minimum atomic E-state index is -0.230. The molecule has 0 amide bonds. The molecular formula is C9H10ClN5O. The topological polar surface area (TPSA) is 89.6 Å². The highest BCUT2D eigenvalue weighted by Crippen LogP contribution is 2.17. The maximum absolute atomic E-state index is 11.3. The Hall–Kier alpha value is -1.82. The van der Waals surface area contributed by atoms with E-state index in [2.05, 4.69) is 15.1 Å². The molecule has 0 aromatic carbocycles. The molecule has 16 heavy (non-hydrogen) atoms. The molecule has 0 aliphatic rings. The van der Waals surface area contributed by atoms with E-state index in [-0.39, 0.29) is 11.4 Å². The molecule has 0 spiro atoms. The zero-order valence-electron chi connectivity index (χ0n) is 8.57. The maximum Gasteiger partial charge on any atom is 0.253 e. The fourth-order valence-corrected chi connectivity index (χ4v) is 1.39. The Balaban J connectivity index is 2.55. The molecule has 0 radical (unpaired) electrons. The van der Waals surface area contributed by atoms with Crippen LogP contribution in [0.25, 0.3) is 5.82 Å². The first-order valence-corrected chi connectivity index (χ1v) is 5.09. The van der Waals surface area contributed by atoms with Crippen molar-refractivity contribution in [3.63, 3.8) is 0 Å². The van der Waals surface area contributed by atoms with Crippen LogP contribution in [-0.4, -0.2) is 19.7 Å². The van der Waals surface area contributed by atoms with Crippen LogP contribution in [0.3, 0.4) is 0 Å². The number of aromatic amines is 1. The zero-order valence-corrected chi connectivity index (χ0v) is 9.32. The van der Waals surface area contributed by atoms with Crippen LogP contribution in [0.2, 0.25) is 5.02 Å². The summed E-state index contributed by atoms with van der Waals surface area (Å²) in [5.41, 5.74) is 5.28. The van der Waals surface area contributed by atoms with Crippen LogP contribution in [0.5, 0.6) is 0 Å². The largest absolute Gasteiger partial charge is 0.381 e. The van der Waals surface area contributed by atoms with Gasteiger partial charge >= 0.3 is 0 Å². The van der Waals surface area contributed by atoms with E-state index >= 15 is 0 Å². The molecule has 0 fully saturated rings. The number of nitrogens with one attached hydrogen (secondary N) is 1. The van der Waals surface area contributed by atoms with Crippen molar-refractivity contribution in [3.8, 4) is 5.82 Å². The van der Waals surface area contributed by atoms with Crippen molar-refractivity contribution < 1.29 is 0 Å². The molecule has 2 heterocycles. The maximum atomic E-state index is 11.3. The van der Waals surface area contributed by atoms with Crippen LogP contribution in [-0.2, 0) is 6.42 Å². The van der Waals surface area contributed by atoms with Crippen molar-refractivity contribution in [1.82, 2.24) is 19.7 Å². The molecule has 3 N–H and O–H groups in total. The third-order valence-corrected chi connectivity index (χ3v) is 2.33. The quantitative estimate of drug-likeness (QED) is 0.809. The number of aromatic nitrogens is 4. The number of H-pyrrole nitrogens is 1. The second kappa shape index (κ2) is 3.97. The number of aryl methyl sites for hydroxylation is 1. The minimum absolute atomic E-state index is 0.210. The smallest absolute Gasteiger partial charge is 0.253 e.